The molecule has 3 heterocycles. The van der Waals surface area contributed by atoms with Crippen LogP contribution in [0.5, 0.6) is 0 Å². The van der Waals surface area contributed by atoms with Crippen LogP contribution in [0.1, 0.15) is 11.1 Å². The summed E-state index contributed by atoms with van der Waals surface area (Å²) in [6.07, 6.45) is 4.21. The normalized spacial score (nSPS) is 11.5. The number of amides is 1. The molecule has 4 aromatic rings. The molecule has 0 fully saturated rings. The molecule has 0 atom stereocenters. The molecule has 33 heavy (non-hydrogen) atoms. The number of carbonyl (C=O) groups is 1. The molecule has 1 amide bonds. The summed E-state index contributed by atoms with van der Waals surface area (Å²) in [6, 6.07) is 9.00. The number of aromatic nitrogens is 5. The van der Waals surface area contributed by atoms with E-state index >= 15 is 0 Å². The average molecular weight is 474 g/mol. The van der Waals surface area contributed by atoms with E-state index in [1.807, 2.05) is 0 Å². The van der Waals surface area contributed by atoms with E-state index in [0.717, 1.165) is 21.8 Å². The van der Waals surface area contributed by atoms with E-state index in [1.54, 1.807) is 18.3 Å². The maximum absolute atomic E-state index is 14.4. The zero-order valence-corrected chi connectivity index (χ0v) is 17.8. The van der Waals surface area contributed by atoms with E-state index in [9.17, 15) is 18.4 Å². The highest BCUT2D eigenvalue weighted by molar-refractivity contribution is 6.29. The monoisotopic (exact) mass is 473 g/mol. The summed E-state index contributed by atoms with van der Waals surface area (Å²) in [5.74, 6) is -4.08. The summed E-state index contributed by atoms with van der Waals surface area (Å²) in [5, 5.41) is 4.93. The third-order valence-electron chi connectivity index (χ3n) is 4.80. The van der Waals surface area contributed by atoms with E-state index in [2.05, 4.69) is 30.6 Å². The Morgan fingerprint density at radius 1 is 1.15 bits per heavy atom. The summed E-state index contributed by atoms with van der Waals surface area (Å²) < 4.78 is 29.7. The van der Waals surface area contributed by atoms with Gasteiger partial charge in [-0.1, -0.05) is 41.9 Å². The molecular formula is C21H18ClF2N7O2. The number of hydrogen-bond donors (Lipinski definition) is 3. The number of pyridine rings is 1. The van der Waals surface area contributed by atoms with E-state index in [-0.39, 0.29) is 23.1 Å². The van der Waals surface area contributed by atoms with Crippen molar-refractivity contribution in [1.29, 1.82) is 0 Å². The molecule has 0 bridgehead atoms. The number of nitrogens with zero attached hydrogens (tertiary/aromatic N) is 4. The van der Waals surface area contributed by atoms with Crippen molar-refractivity contribution in [3.05, 3.63) is 81.8 Å². The number of benzene rings is 1. The van der Waals surface area contributed by atoms with E-state index in [1.165, 1.54) is 30.6 Å². The van der Waals surface area contributed by atoms with Gasteiger partial charge in [-0.05, 0) is 11.6 Å². The van der Waals surface area contributed by atoms with Crippen molar-refractivity contribution in [3.8, 4) is 0 Å². The first-order valence-electron chi connectivity index (χ1n) is 9.81. The molecule has 9 nitrogen and oxygen atoms in total. The van der Waals surface area contributed by atoms with Gasteiger partial charge in [0.2, 0.25) is 5.91 Å². The highest BCUT2D eigenvalue weighted by Gasteiger charge is 2.31. The summed E-state index contributed by atoms with van der Waals surface area (Å²) in [6.45, 7) is -1.10. The zero-order valence-electron chi connectivity index (χ0n) is 17.1. The van der Waals surface area contributed by atoms with Crippen LogP contribution in [-0.4, -0.2) is 37.0 Å². The lowest BCUT2D eigenvalue weighted by atomic mass is 10.1. The van der Waals surface area contributed by atoms with Crippen molar-refractivity contribution < 1.29 is 13.6 Å². The summed E-state index contributed by atoms with van der Waals surface area (Å²) in [5.41, 5.74) is 1.01. The molecule has 3 aromatic heterocycles. The fraction of sp³-hybridized carbons (Fsp3) is 0.190. The Morgan fingerprint density at radius 3 is 2.73 bits per heavy atom. The van der Waals surface area contributed by atoms with E-state index in [0.29, 0.717) is 5.65 Å². The van der Waals surface area contributed by atoms with Crippen LogP contribution < -0.4 is 16.2 Å². The summed E-state index contributed by atoms with van der Waals surface area (Å²) in [4.78, 5) is 40.0. The Labute approximate surface area is 190 Å². The molecule has 0 radical (unpaired) electrons. The van der Waals surface area contributed by atoms with Crippen molar-refractivity contribution in [3.63, 3.8) is 0 Å². The molecule has 0 aliphatic rings. The fourth-order valence-electron chi connectivity index (χ4n) is 3.08. The molecule has 4 rings (SSSR count). The van der Waals surface area contributed by atoms with Gasteiger partial charge in [0.05, 0.1) is 24.6 Å². The standard InChI is InChI=1S/C21H18ClF2N7O2/c22-16-9-27-19(28-11-21(23,24)14-4-2-1-3-5-14)20(33)31(16)10-17(32)25-7-13-6-15-18(26-8-13)30-12-29-15/h1-6,8-9,12H,7,10-11H2,(H,25,32)(H,27,28)(H,26,29,30). The molecule has 0 saturated heterocycles. The maximum Gasteiger partial charge on any atom is 0.294 e. The predicted octanol–water partition coefficient (Wildman–Crippen LogP) is 2.69. The van der Waals surface area contributed by atoms with Crippen LogP contribution >= 0.6 is 11.6 Å². The number of rotatable bonds is 8. The number of nitrogens with one attached hydrogen (secondary N) is 3. The highest BCUT2D eigenvalue weighted by atomic mass is 35.5. The lowest BCUT2D eigenvalue weighted by molar-refractivity contribution is -0.121. The Morgan fingerprint density at radius 2 is 1.94 bits per heavy atom. The minimum absolute atomic E-state index is 0.101. The van der Waals surface area contributed by atoms with Crippen molar-refractivity contribution >= 4 is 34.5 Å². The molecule has 0 unspecified atom stereocenters. The van der Waals surface area contributed by atoms with Crippen LogP contribution in [0.2, 0.25) is 5.15 Å². The van der Waals surface area contributed by atoms with Crippen LogP contribution in [-0.2, 0) is 23.8 Å². The molecule has 0 aliphatic heterocycles. The van der Waals surface area contributed by atoms with E-state index in [4.69, 9.17) is 11.6 Å². The van der Waals surface area contributed by atoms with Crippen LogP contribution in [0.25, 0.3) is 11.2 Å². The molecule has 3 N–H and O–H groups in total. The number of carbonyl (C=O) groups excluding carboxylic acids is 1. The van der Waals surface area contributed by atoms with Gasteiger partial charge in [0.25, 0.3) is 11.5 Å². The number of fused-ring (bicyclic) bond motifs is 1. The molecule has 0 aliphatic carbocycles. The second kappa shape index (κ2) is 9.33. The van der Waals surface area contributed by atoms with Gasteiger partial charge in [-0.3, -0.25) is 14.2 Å². The largest absolute Gasteiger partial charge is 0.359 e. The van der Waals surface area contributed by atoms with Gasteiger partial charge >= 0.3 is 0 Å². The number of halogens is 3. The molecule has 0 spiro atoms. The first kappa shape index (κ1) is 22.3. The van der Waals surface area contributed by atoms with Crippen molar-refractivity contribution in [2.45, 2.75) is 19.0 Å². The second-order valence-electron chi connectivity index (χ2n) is 7.14. The van der Waals surface area contributed by atoms with Gasteiger partial charge in [-0.25, -0.2) is 15.0 Å². The zero-order chi connectivity index (χ0) is 23.4. The molecular weight excluding hydrogens is 456 g/mol. The smallest absolute Gasteiger partial charge is 0.294 e. The fourth-order valence-corrected chi connectivity index (χ4v) is 3.27. The third kappa shape index (κ3) is 5.14. The van der Waals surface area contributed by atoms with Crippen molar-refractivity contribution in [1.82, 2.24) is 29.8 Å². The summed E-state index contributed by atoms with van der Waals surface area (Å²) >= 11 is 6.03. The third-order valence-corrected chi connectivity index (χ3v) is 5.10. The second-order valence-corrected chi connectivity index (χ2v) is 7.53. The first-order valence-corrected chi connectivity index (χ1v) is 10.2. The van der Waals surface area contributed by atoms with E-state index < -0.39 is 30.5 Å². The molecule has 12 heteroatoms. The minimum Gasteiger partial charge on any atom is -0.359 e. The number of anilines is 1. The topological polar surface area (TPSA) is 118 Å². The van der Waals surface area contributed by atoms with Crippen molar-refractivity contribution in [2.24, 2.45) is 0 Å². The molecule has 1 aromatic carbocycles. The van der Waals surface area contributed by atoms with Crippen molar-refractivity contribution in [2.75, 3.05) is 11.9 Å². The van der Waals surface area contributed by atoms with Gasteiger partial charge in [-0.2, -0.15) is 8.78 Å². The number of H-pyrrole nitrogens is 1. The van der Waals surface area contributed by atoms with Gasteiger partial charge in [0, 0.05) is 18.3 Å². The number of alkyl halides is 2. The predicted molar refractivity (Wildman–Crippen MR) is 118 cm³/mol. The highest BCUT2D eigenvalue weighted by Crippen LogP contribution is 2.27. The van der Waals surface area contributed by atoms with Gasteiger partial charge in [0.15, 0.2) is 11.5 Å². The molecule has 0 saturated carbocycles. The first-order chi connectivity index (χ1) is 15.8. The number of imidazole rings is 1. The SMILES string of the molecule is O=C(Cn1c(Cl)cnc(NCC(F)(F)c2ccccc2)c1=O)NCc1cnc2nc[nH]c2c1. The quantitative estimate of drug-likeness (QED) is 0.362. The number of aromatic amines is 1. The van der Waals surface area contributed by atoms with Crippen LogP contribution in [0.4, 0.5) is 14.6 Å². The van der Waals surface area contributed by atoms with Gasteiger partial charge < -0.3 is 15.6 Å². The Balaban J connectivity index is 1.41. The Kier molecular flexibility index (Phi) is 6.31. The average Bonchev–Trinajstić information content (AvgIpc) is 3.28. The summed E-state index contributed by atoms with van der Waals surface area (Å²) in [7, 11) is 0. The van der Waals surface area contributed by atoms with Gasteiger partial charge in [-0.15, -0.1) is 0 Å². The molecule has 170 valence electrons. The van der Waals surface area contributed by atoms with Crippen LogP contribution in [0.15, 0.2) is 59.9 Å². The Bertz CT molecular complexity index is 1340. The lowest BCUT2D eigenvalue weighted by Gasteiger charge is -2.18. The number of hydrogen-bond acceptors (Lipinski definition) is 6. The Hall–Kier alpha value is -3.86. The van der Waals surface area contributed by atoms with Gasteiger partial charge in [0.1, 0.15) is 11.7 Å². The van der Waals surface area contributed by atoms with Crippen LogP contribution in [0.3, 0.4) is 0 Å². The van der Waals surface area contributed by atoms with Crippen LogP contribution in [0, 0.1) is 0 Å². The minimum atomic E-state index is -3.24. The lowest BCUT2D eigenvalue weighted by Crippen LogP contribution is -2.35. The maximum atomic E-state index is 14.4.